The van der Waals surface area contributed by atoms with Crippen LogP contribution in [0.5, 0.6) is 11.5 Å². The average Bonchev–Trinajstić information content (AvgIpc) is 3.17. The predicted molar refractivity (Wildman–Crippen MR) is 124 cm³/mol. The normalized spacial score (nSPS) is 18.7. The largest absolute Gasteiger partial charge is 0.496 e. The van der Waals surface area contributed by atoms with Crippen LogP contribution in [0, 0.1) is 6.92 Å². The molecular formula is C24H32ClN3O3. The lowest BCUT2D eigenvalue weighted by Crippen LogP contribution is -2.42. The number of benzene rings is 2. The van der Waals surface area contributed by atoms with Crippen molar-refractivity contribution in [3.8, 4) is 11.5 Å². The lowest BCUT2D eigenvalue weighted by molar-refractivity contribution is -0.125. The molecule has 1 aliphatic heterocycles. The molecule has 0 bridgehead atoms. The van der Waals surface area contributed by atoms with Crippen molar-refractivity contribution in [2.24, 2.45) is 0 Å². The molecule has 1 fully saturated rings. The standard InChI is InChI=1S/C24H32ClN3O3/c1-5-26-24(29)21-12-19(15-28(21)14-18-8-6-7-9-20(18)25)27-13-17-10-11-22(30-3)16(2)23(17)31-4/h6-11,19,21,27H,5,12-15H2,1-4H3,(H,26,29)/t19-,21-/m0/s1. The van der Waals surface area contributed by atoms with E-state index in [9.17, 15) is 4.79 Å². The Morgan fingerprint density at radius 1 is 1.16 bits per heavy atom. The Kier molecular flexibility index (Phi) is 8.18. The number of hydrogen-bond donors (Lipinski definition) is 2. The van der Waals surface area contributed by atoms with Crippen LogP contribution in [-0.4, -0.2) is 50.2 Å². The van der Waals surface area contributed by atoms with E-state index in [1.165, 1.54) is 0 Å². The number of methoxy groups -OCH3 is 2. The van der Waals surface area contributed by atoms with Gasteiger partial charge in [0.05, 0.1) is 20.3 Å². The number of ether oxygens (including phenoxy) is 2. The third-order valence-corrected chi connectivity index (χ3v) is 6.20. The summed E-state index contributed by atoms with van der Waals surface area (Å²) in [6, 6.07) is 11.8. The minimum absolute atomic E-state index is 0.0664. The van der Waals surface area contributed by atoms with E-state index in [4.69, 9.17) is 21.1 Å². The Morgan fingerprint density at radius 3 is 2.61 bits per heavy atom. The zero-order valence-corrected chi connectivity index (χ0v) is 19.5. The Labute approximate surface area is 189 Å². The highest BCUT2D eigenvalue weighted by Gasteiger charge is 2.36. The monoisotopic (exact) mass is 445 g/mol. The van der Waals surface area contributed by atoms with Gasteiger partial charge in [0.25, 0.3) is 0 Å². The van der Waals surface area contributed by atoms with Gasteiger partial charge in [0, 0.05) is 48.4 Å². The van der Waals surface area contributed by atoms with Crippen LogP contribution in [-0.2, 0) is 17.9 Å². The lowest BCUT2D eigenvalue weighted by atomic mass is 10.1. The van der Waals surface area contributed by atoms with E-state index in [1.807, 2.05) is 50.2 Å². The maximum absolute atomic E-state index is 12.7. The molecule has 0 spiro atoms. The van der Waals surface area contributed by atoms with Gasteiger partial charge in [-0.25, -0.2) is 0 Å². The average molecular weight is 446 g/mol. The maximum atomic E-state index is 12.7. The number of likely N-dealkylation sites (tertiary alicyclic amines) is 1. The molecule has 0 saturated carbocycles. The van der Waals surface area contributed by atoms with Crippen LogP contribution in [0.4, 0.5) is 0 Å². The Bertz CT molecular complexity index is 906. The highest BCUT2D eigenvalue weighted by molar-refractivity contribution is 6.31. The summed E-state index contributed by atoms with van der Waals surface area (Å²) in [6.07, 6.45) is 0.744. The Morgan fingerprint density at radius 2 is 1.94 bits per heavy atom. The summed E-state index contributed by atoms with van der Waals surface area (Å²) in [6.45, 7) is 6.62. The minimum atomic E-state index is -0.187. The van der Waals surface area contributed by atoms with Crippen LogP contribution in [0.25, 0.3) is 0 Å². The van der Waals surface area contributed by atoms with E-state index in [-0.39, 0.29) is 18.0 Å². The number of hydrogen-bond acceptors (Lipinski definition) is 5. The van der Waals surface area contributed by atoms with Gasteiger partial charge in [-0.1, -0.05) is 35.9 Å². The summed E-state index contributed by atoms with van der Waals surface area (Å²) < 4.78 is 11.0. The Hall–Kier alpha value is -2.28. The first kappa shape index (κ1) is 23.4. The highest BCUT2D eigenvalue weighted by Crippen LogP contribution is 2.32. The molecular weight excluding hydrogens is 414 g/mol. The van der Waals surface area contributed by atoms with Crippen molar-refractivity contribution in [1.29, 1.82) is 0 Å². The third kappa shape index (κ3) is 5.50. The van der Waals surface area contributed by atoms with Gasteiger partial charge in [0.1, 0.15) is 11.5 Å². The lowest BCUT2D eigenvalue weighted by Gasteiger charge is -2.23. The van der Waals surface area contributed by atoms with E-state index in [0.717, 1.165) is 46.2 Å². The van der Waals surface area contributed by atoms with Crippen LogP contribution in [0.3, 0.4) is 0 Å². The quantitative estimate of drug-likeness (QED) is 0.618. The van der Waals surface area contributed by atoms with Crippen LogP contribution in [0.1, 0.15) is 30.0 Å². The fourth-order valence-electron chi connectivity index (χ4n) is 4.26. The van der Waals surface area contributed by atoms with Gasteiger partial charge in [0.2, 0.25) is 5.91 Å². The first-order valence-corrected chi connectivity index (χ1v) is 11.0. The van der Waals surface area contributed by atoms with Gasteiger partial charge >= 0.3 is 0 Å². The van der Waals surface area contributed by atoms with Gasteiger partial charge in [-0.2, -0.15) is 0 Å². The van der Waals surface area contributed by atoms with Crippen LogP contribution in [0.2, 0.25) is 5.02 Å². The number of carbonyl (C=O) groups excluding carboxylic acids is 1. The van der Waals surface area contributed by atoms with E-state index in [2.05, 4.69) is 15.5 Å². The zero-order valence-electron chi connectivity index (χ0n) is 18.7. The van der Waals surface area contributed by atoms with E-state index in [0.29, 0.717) is 19.6 Å². The van der Waals surface area contributed by atoms with Gasteiger partial charge in [-0.15, -0.1) is 0 Å². The molecule has 1 amide bonds. The molecule has 0 unspecified atom stereocenters. The van der Waals surface area contributed by atoms with Crippen molar-refractivity contribution in [2.45, 2.75) is 45.4 Å². The summed E-state index contributed by atoms with van der Waals surface area (Å²) in [7, 11) is 3.34. The summed E-state index contributed by atoms with van der Waals surface area (Å²) in [4.78, 5) is 14.9. The van der Waals surface area contributed by atoms with Crippen molar-refractivity contribution in [3.05, 3.63) is 58.1 Å². The molecule has 0 aliphatic carbocycles. The molecule has 3 rings (SSSR count). The summed E-state index contributed by atoms with van der Waals surface area (Å²) in [5.74, 6) is 1.71. The summed E-state index contributed by atoms with van der Waals surface area (Å²) in [5.41, 5.74) is 3.09. The second-order valence-electron chi connectivity index (χ2n) is 7.83. The number of amides is 1. The molecule has 2 atom stereocenters. The maximum Gasteiger partial charge on any atom is 0.237 e. The van der Waals surface area contributed by atoms with Crippen molar-refractivity contribution >= 4 is 17.5 Å². The molecule has 1 heterocycles. The molecule has 31 heavy (non-hydrogen) atoms. The first-order chi connectivity index (χ1) is 15.0. The Balaban J connectivity index is 1.72. The van der Waals surface area contributed by atoms with Crippen LogP contribution >= 0.6 is 11.6 Å². The topological polar surface area (TPSA) is 62.8 Å². The van der Waals surface area contributed by atoms with Gasteiger partial charge in [-0.05, 0) is 38.0 Å². The molecule has 2 aromatic carbocycles. The summed E-state index contributed by atoms with van der Waals surface area (Å²) in [5, 5.41) is 7.32. The molecule has 1 aliphatic rings. The number of nitrogens with zero attached hydrogens (tertiary/aromatic N) is 1. The fourth-order valence-corrected chi connectivity index (χ4v) is 4.46. The molecule has 7 heteroatoms. The molecule has 0 radical (unpaired) electrons. The first-order valence-electron chi connectivity index (χ1n) is 10.7. The number of carbonyl (C=O) groups is 1. The number of likely N-dealkylation sites (N-methyl/N-ethyl adjacent to an activating group) is 1. The molecule has 2 N–H and O–H groups in total. The van der Waals surface area contributed by atoms with Crippen molar-refractivity contribution < 1.29 is 14.3 Å². The number of nitrogens with one attached hydrogen (secondary N) is 2. The van der Waals surface area contributed by atoms with Crippen LogP contribution < -0.4 is 20.1 Å². The smallest absolute Gasteiger partial charge is 0.237 e. The summed E-state index contributed by atoms with van der Waals surface area (Å²) >= 11 is 6.37. The zero-order chi connectivity index (χ0) is 22.4. The third-order valence-electron chi connectivity index (χ3n) is 5.83. The minimum Gasteiger partial charge on any atom is -0.496 e. The van der Waals surface area contributed by atoms with E-state index >= 15 is 0 Å². The molecule has 168 valence electrons. The van der Waals surface area contributed by atoms with Gasteiger partial charge in [0.15, 0.2) is 0 Å². The molecule has 6 nitrogen and oxygen atoms in total. The van der Waals surface area contributed by atoms with E-state index in [1.54, 1.807) is 14.2 Å². The van der Waals surface area contributed by atoms with Gasteiger partial charge in [-0.3, -0.25) is 9.69 Å². The number of halogens is 1. The van der Waals surface area contributed by atoms with Crippen molar-refractivity contribution in [3.63, 3.8) is 0 Å². The predicted octanol–water partition coefficient (Wildman–Crippen LogP) is 3.53. The highest BCUT2D eigenvalue weighted by atomic mass is 35.5. The van der Waals surface area contributed by atoms with Crippen molar-refractivity contribution in [2.75, 3.05) is 27.3 Å². The van der Waals surface area contributed by atoms with Crippen molar-refractivity contribution in [1.82, 2.24) is 15.5 Å². The number of rotatable bonds is 9. The second kappa shape index (κ2) is 10.8. The molecule has 2 aromatic rings. The molecule has 0 aromatic heterocycles. The second-order valence-corrected chi connectivity index (χ2v) is 8.24. The van der Waals surface area contributed by atoms with Crippen LogP contribution in [0.15, 0.2) is 36.4 Å². The fraction of sp³-hybridized carbons (Fsp3) is 0.458. The van der Waals surface area contributed by atoms with E-state index < -0.39 is 0 Å². The SMILES string of the molecule is CCNC(=O)[C@@H]1C[C@H](NCc2ccc(OC)c(C)c2OC)CN1Cc1ccccc1Cl. The van der Waals surface area contributed by atoms with Gasteiger partial charge < -0.3 is 20.1 Å². The molecule has 1 saturated heterocycles.